The van der Waals surface area contributed by atoms with E-state index in [1.807, 2.05) is 23.1 Å². The molecule has 0 N–H and O–H groups in total. The van der Waals surface area contributed by atoms with E-state index in [-0.39, 0.29) is 0 Å². The second-order valence-electron chi connectivity index (χ2n) is 10.8. The quantitative estimate of drug-likeness (QED) is 0.204. The van der Waals surface area contributed by atoms with Crippen LogP contribution >= 0.6 is 23.1 Å². The van der Waals surface area contributed by atoms with E-state index in [2.05, 4.69) is 146 Å². The Hall–Kier alpha value is -4.63. The zero-order valence-corrected chi connectivity index (χ0v) is 24.3. The van der Waals surface area contributed by atoms with Crippen LogP contribution in [0.3, 0.4) is 0 Å². The molecule has 2 heterocycles. The van der Waals surface area contributed by atoms with E-state index >= 15 is 0 Å². The monoisotopic (exact) mass is 568 g/mol. The highest BCUT2D eigenvalue weighted by Gasteiger charge is 2.22. The van der Waals surface area contributed by atoms with Crippen LogP contribution < -0.4 is 0 Å². The Morgan fingerprint density at radius 2 is 0.810 bits per heavy atom. The van der Waals surface area contributed by atoms with Crippen LogP contribution in [-0.4, -0.2) is 0 Å². The third-order valence-corrected chi connectivity index (χ3v) is 10.8. The zero-order chi connectivity index (χ0) is 27.6. The molecule has 0 saturated carbocycles. The van der Waals surface area contributed by atoms with Crippen LogP contribution in [0.4, 0.5) is 0 Å². The van der Waals surface area contributed by atoms with Crippen molar-refractivity contribution >= 4 is 54.0 Å². The second kappa shape index (κ2) is 9.46. The molecule has 0 fully saturated rings. The second-order valence-corrected chi connectivity index (χ2v) is 13.0. The van der Waals surface area contributed by atoms with E-state index in [4.69, 9.17) is 0 Å². The van der Waals surface area contributed by atoms with E-state index in [0.717, 1.165) is 0 Å². The first-order valence-electron chi connectivity index (χ1n) is 14.3. The molecule has 0 radical (unpaired) electrons. The average Bonchev–Trinajstić information content (AvgIpc) is 3.44. The molecule has 7 aromatic carbocycles. The van der Waals surface area contributed by atoms with E-state index in [0.29, 0.717) is 0 Å². The van der Waals surface area contributed by atoms with Crippen molar-refractivity contribution in [2.45, 2.75) is 9.79 Å². The van der Waals surface area contributed by atoms with E-state index < -0.39 is 0 Å². The standard InChI is InChI=1S/C40H24S2/c1-2-13-27(29-23-24-38-39-32(29)17-9-18-33(39)30-15-5-7-20-35(30)41-38)25(11-1)26-12-3-4-14-28(26)31-19-10-22-37-40(31)34-16-6-8-21-36(34)42-37/h1-24H. The van der Waals surface area contributed by atoms with Crippen molar-refractivity contribution in [1.29, 1.82) is 0 Å². The first-order chi connectivity index (χ1) is 20.8. The minimum absolute atomic E-state index is 1.26. The summed E-state index contributed by atoms with van der Waals surface area (Å²) < 4.78 is 2.67. The molecule has 42 heavy (non-hydrogen) atoms. The van der Waals surface area contributed by atoms with E-state index in [1.54, 1.807) is 0 Å². The molecule has 0 saturated heterocycles. The third kappa shape index (κ3) is 3.56. The predicted molar refractivity (Wildman–Crippen MR) is 183 cm³/mol. The molecule has 0 spiro atoms. The summed E-state index contributed by atoms with van der Waals surface area (Å²) in [6.45, 7) is 0. The maximum atomic E-state index is 2.33. The van der Waals surface area contributed by atoms with Crippen molar-refractivity contribution < 1.29 is 0 Å². The van der Waals surface area contributed by atoms with Gasteiger partial charge in [0.1, 0.15) is 0 Å². The van der Waals surface area contributed by atoms with Crippen LogP contribution in [0.2, 0.25) is 0 Å². The largest absolute Gasteiger partial charge is 0.135 e. The molecule has 1 aliphatic heterocycles. The van der Waals surface area contributed by atoms with Crippen molar-refractivity contribution in [3.63, 3.8) is 0 Å². The Morgan fingerprint density at radius 3 is 1.60 bits per heavy atom. The summed E-state index contributed by atoms with van der Waals surface area (Å²) in [6, 6.07) is 53.6. The number of thiophene rings is 1. The van der Waals surface area contributed by atoms with Gasteiger partial charge in [-0.3, -0.25) is 0 Å². The van der Waals surface area contributed by atoms with Crippen LogP contribution in [-0.2, 0) is 0 Å². The van der Waals surface area contributed by atoms with Crippen LogP contribution in [0, 0.1) is 0 Å². The Balaban J connectivity index is 1.29. The van der Waals surface area contributed by atoms with Crippen LogP contribution in [0.5, 0.6) is 0 Å². The van der Waals surface area contributed by atoms with Crippen molar-refractivity contribution in [2.75, 3.05) is 0 Å². The minimum atomic E-state index is 1.26. The fourth-order valence-electron chi connectivity index (χ4n) is 6.72. The lowest BCUT2D eigenvalue weighted by Gasteiger charge is -2.22. The van der Waals surface area contributed by atoms with Gasteiger partial charge in [-0.1, -0.05) is 133 Å². The van der Waals surface area contributed by atoms with Gasteiger partial charge in [0, 0.05) is 35.3 Å². The summed E-state index contributed by atoms with van der Waals surface area (Å²) in [5.74, 6) is 0. The Morgan fingerprint density at radius 1 is 0.286 bits per heavy atom. The van der Waals surface area contributed by atoms with Crippen molar-refractivity contribution in [2.24, 2.45) is 0 Å². The van der Waals surface area contributed by atoms with E-state index in [9.17, 15) is 0 Å². The van der Waals surface area contributed by atoms with E-state index in [1.165, 1.54) is 85.2 Å². The number of fused-ring (bicyclic) bond motifs is 5. The van der Waals surface area contributed by atoms with Gasteiger partial charge in [0.05, 0.1) is 0 Å². The first kappa shape index (κ1) is 24.0. The molecule has 0 amide bonds. The van der Waals surface area contributed by atoms with Crippen molar-refractivity contribution in [1.82, 2.24) is 0 Å². The molecular weight excluding hydrogens is 545 g/mol. The fraction of sp³-hybridized carbons (Fsp3) is 0. The van der Waals surface area contributed by atoms with Gasteiger partial charge < -0.3 is 0 Å². The maximum absolute atomic E-state index is 2.33. The van der Waals surface area contributed by atoms with Gasteiger partial charge >= 0.3 is 0 Å². The van der Waals surface area contributed by atoms with Gasteiger partial charge in [0.2, 0.25) is 0 Å². The molecular formula is C40H24S2. The molecule has 0 aliphatic carbocycles. The summed E-state index contributed by atoms with van der Waals surface area (Å²) in [7, 11) is 0. The highest BCUT2D eigenvalue weighted by molar-refractivity contribution is 7.99. The fourth-order valence-corrected chi connectivity index (χ4v) is 8.98. The lowest BCUT2D eigenvalue weighted by molar-refractivity contribution is 1.40. The van der Waals surface area contributed by atoms with Gasteiger partial charge in [0.15, 0.2) is 0 Å². The van der Waals surface area contributed by atoms with Crippen molar-refractivity contribution in [3.8, 4) is 44.5 Å². The number of benzene rings is 7. The first-order valence-corrected chi connectivity index (χ1v) is 15.9. The number of hydrogen-bond donors (Lipinski definition) is 0. The lowest BCUT2D eigenvalue weighted by atomic mass is 9.86. The van der Waals surface area contributed by atoms with Gasteiger partial charge in [-0.05, 0) is 74.2 Å². The van der Waals surface area contributed by atoms with Gasteiger partial charge in [-0.25, -0.2) is 0 Å². The molecule has 1 aliphatic rings. The van der Waals surface area contributed by atoms with Gasteiger partial charge in [0.25, 0.3) is 0 Å². The number of hydrogen-bond acceptors (Lipinski definition) is 2. The molecule has 8 aromatic rings. The Labute approximate surface area is 252 Å². The SMILES string of the molecule is c1ccc2c(c1)Sc1ccc(-c3ccccc3-c3ccccc3-c3cccc4sc5ccccc5c34)c3cccc-2c13. The maximum Gasteiger partial charge on any atom is 0.0361 e. The molecule has 1 aromatic heterocycles. The Kier molecular flexibility index (Phi) is 5.41. The molecule has 0 unspecified atom stereocenters. The summed E-state index contributed by atoms with van der Waals surface area (Å²) in [6.07, 6.45) is 0. The molecule has 2 heteroatoms. The molecule has 0 atom stereocenters. The van der Waals surface area contributed by atoms with Crippen LogP contribution in [0.1, 0.15) is 0 Å². The average molecular weight is 569 g/mol. The van der Waals surface area contributed by atoms with Crippen LogP contribution in [0.15, 0.2) is 155 Å². The molecule has 196 valence electrons. The summed E-state index contributed by atoms with van der Waals surface area (Å²) in [5, 5.41) is 5.34. The third-order valence-electron chi connectivity index (χ3n) is 8.53. The highest BCUT2D eigenvalue weighted by atomic mass is 32.2. The Bertz CT molecular complexity index is 2340. The van der Waals surface area contributed by atoms with Crippen molar-refractivity contribution in [3.05, 3.63) is 146 Å². The summed E-state index contributed by atoms with van der Waals surface area (Å²) in [5.41, 5.74) is 10.3. The zero-order valence-electron chi connectivity index (χ0n) is 22.7. The molecule has 0 nitrogen and oxygen atoms in total. The normalized spacial score (nSPS) is 12.2. The number of rotatable bonds is 3. The summed E-state index contributed by atoms with van der Waals surface area (Å²) >= 11 is 3.76. The van der Waals surface area contributed by atoms with Gasteiger partial charge in [-0.15, -0.1) is 11.3 Å². The smallest absolute Gasteiger partial charge is 0.0361 e. The highest BCUT2D eigenvalue weighted by Crippen LogP contribution is 2.51. The minimum Gasteiger partial charge on any atom is -0.135 e. The lowest BCUT2D eigenvalue weighted by Crippen LogP contribution is -1.95. The molecule has 0 bridgehead atoms. The van der Waals surface area contributed by atoms with Gasteiger partial charge in [-0.2, -0.15) is 0 Å². The predicted octanol–water partition coefficient (Wildman–Crippen LogP) is 12.3. The van der Waals surface area contributed by atoms with Crippen LogP contribution in [0.25, 0.3) is 75.5 Å². The summed E-state index contributed by atoms with van der Waals surface area (Å²) in [4.78, 5) is 2.66. The topological polar surface area (TPSA) is 0 Å². The molecule has 9 rings (SSSR count).